The minimum Gasteiger partial charge on any atom is -0.494 e. The SMILES string of the molecule is CN(CC[N+](C)(C)C)C(=O)c1ccc2[nH]c(O)c(C3=Nc4ccccc4C3=O)c2c1. The molecule has 2 heterocycles. The summed E-state index contributed by atoms with van der Waals surface area (Å²) in [6.45, 7) is 1.44. The molecule has 30 heavy (non-hydrogen) atoms. The van der Waals surface area contributed by atoms with Gasteiger partial charge < -0.3 is 19.5 Å². The van der Waals surface area contributed by atoms with Gasteiger partial charge in [-0.3, -0.25) is 9.59 Å². The van der Waals surface area contributed by atoms with Gasteiger partial charge in [-0.05, 0) is 30.3 Å². The molecule has 0 radical (unpaired) electrons. The largest absolute Gasteiger partial charge is 0.494 e. The van der Waals surface area contributed by atoms with E-state index in [0.29, 0.717) is 39.8 Å². The molecule has 7 heteroatoms. The molecule has 7 nitrogen and oxygen atoms in total. The van der Waals surface area contributed by atoms with Crippen LogP contribution in [0.2, 0.25) is 0 Å². The predicted octanol–water partition coefficient (Wildman–Crippen LogP) is 2.97. The summed E-state index contributed by atoms with van der Waals surface area (Å²) in [4.78, 5) is 34.8. The quantitative estimate of drug-likeness (QED) is 0.640. The molecule has 0 saturated heterocycles. The fraction of sp³-hybridized carbons (Fsp3) is 0.261. The van der Waals surface area contributed by atoms with Gasteiger partial charge in [0.1, 0.15) is 5.71 Å². The van der Waals surface area contributed by atoms with Crippen LogP contribution >= 0.6 is 0 Å². The monoisotopic (exact) mass is 405 g/mol. The van der Waals surface area contributed by atoms with Gasteiger partial charge in [0.25, 0.3) is 5.91 Å². The Hall–Kier alpha value is -3.45. The zero-order chi connectivity index (χ0) is 21.6. The maximum atomic E-state index is 12.9. The number of hydrogen-bond donors (Lipinski definition) is 2. The van der Waals surface area contributed by atoms with Crippen LogP contribution in [-0.2, 0) is 0 Å². The van der Waals surface area contributed by atoms with E-state index in [1.165, 1.54) is 0 Å². The van der Waals surface area contributed by atoms with E-state index >= 15 is 0 Å². The number of ketones is 1. The highest BCUT2D eigenvalue weighted by molar-refractivity contribution is 6.56. The Kier molecular flexibility index (Phi) is 4.70. The van der Waals surface area contributed by atoms with Gasteiger partial charge in [-0.25, -0.2) is 4.99 Å². The van der Waals surface area contributed by atoms with Crippen LogP contribution in [0, 0.1) is 0 Å². The van der Waals surface area contributed by atoms with Gasteiger partial charge in [-0.2, -0.15) is 0 Å². The van der Waals surface area contributed by atoms with Crippen LogP contribution in [0.4, 0.5) is 5.69 Å². The molecule has 154 valence electrons. The molecule has 1 aliphatic rings. The first-order valence-corrected chi connectivity index (χ1v) is 9.79. The van der Waals surface area contributed by atoms with E-state index in [9.17, 15) is 14.7 Å². The zero-order valence-corrected chi connectivity index (χ0v) is 17.6. The number of carbonyl (C=O) groups excluding carboxylic acids is 2. The zero-order valence-electron chi connectivity index (χ0n) is 17.6. The number of fused-ring (bicyclic) bond motifs is 2. The number of amides is 1. The average molecular weight is 405 g/mol. The average Bonchev–Trinajstić information content (AvgIpc) is 3.20. The minimum atomic E-state index is -0.237. The van der Waals surface area contributed by atoms with Crippen molar-refractivity contribution in [2.45, 2.75) is 0 Å². The number of aromatic hydroxyl groups is 1. The summed E-state index contributed by atoms with van der Waals surface area (Å²) in [6.07, 6.45) is 0. The van der Waals surface area contributed by atoms with E-state index in [0.717, 1.165) is 11.0 Å². The lowest BCUT2D eigenvalue weighted by Crippen LogP contribution is -2.42. The summed E-state index contributed by atoms with van der Waals surface area (Å²) in [5.41, 5.74) is 2.74. The van der Waals surface area contributed by atoms with Gasteiger partial charge in [0.15, 0.2) is 5.88 Å². The molecule has 0 aliphatic carbocycles. The Bertz CT molecular complexity index is 1200. The number of para-hydroxylation sites is 1. The number of nitrogens with one attached hydrogen (secondary N) is 1. The molecule has 4 rings (SSSR count). The molecule has 0 bridgehead atoms. The highest BCUT2D eigenvalue weighted by Gasteiger charge is 2.30. The number of nitrogens with zero attached hydrogens (tertiary/aromatic N) is 3. The van der Waals surface area contributed by atoms with Crippen molar-refractivity contribution in [1.82, 2.24) is 9.88 Å². The molecule has 2 aromatic carbocycles. The van der Waals surface area contributed by atoms with E-state index in [2.05, 4.69) is 31.1 Å². The van der Waals surface area contributed by atoms with E-state index in [-0.39, 0.29) is 23.3 Å². The second-order valence-corrected chi connectivity index (χ2v) is 8.66. The van der Waals surface area contributed by atoms with Gasteiger partial charge in [0.2, 0.25) is 5.78 Å². The fourth-order valence-electron chi connectivity index (χ4n) is 3.55. The number of benzene rings is 2. The van der Waals surface area contributed by atoms with Crippen LogP contribution in [0.25, 0.3) is 10.9 Å². The lowest BCUT2D eigenvalue weighted by molar-refractivity contribution is -0.869. The van der Waals surface area contributed by atoms with E-state index in [4.69, 9.17) is 0 Å². The maximum Gasteiger partial charge on any atom is 0.253 e. The molecule has 1 amide bonds. The van der Waals surface area contributed by atoms with Crippen molar-refractivity contribution in [3.63, 3.8) is 0 Å². The second-order valence-electron chi connectivity index (χ2n) is 8.66. The first-order chi connectivity index (χ1) is 14.2. The van der Waals surface area contributed by atoms with Crippen molar-refractivity contribution in [3.05, 3.63) is 59.2 Å². The van der Waals surface area contributed by atoms with Gasteiger partial charge in [-0.1, -0.05) is 12.1 Å². The second kappa shape index (κ2) is 7.11. The Morgan fingerprint density at radius 1 is 1.17 bits per heavy atom. The standard InChI is InChI=1S/C23H24N4O3/c1-26(11-12-27(2,3)4)23(30)14-9-10-18-16(13-14)19(22(29)25-18)20-21(28)15-7-5-6-8-17(15)24-20/h5-10,13H,11-12H2,1-4H3,(H-,24,25,28,29,30)/p+1. The molecular formula is C23H25N4O3+. The van der Waals surface area contributed by atoms with Crippen molar-refractivity contribution < 1.29 is 19.2 Å². The summed E-state index contributed by atoms with van der Waals surface area (Å²) < 4.78 is 0.759. The number of rotatable bonds is 5. The Labute approximate surface area is 174 Å². The molecule has 0 spiro atoms. The van der Waals surface area contributed by atoms with E-state index in [1.54, 1.807) is 48.3 Å². The van der Waals surface area contributed by atoms with Crippen molar-refractivity contribution in [2.75, 3.05) is 41.3 Å². The third-order valence-electron chi connectivity index (χ3n) is 5.31. The van der Waals surface area contributed by atoms with E-state index in [1.807, 2.05) is 6.07 Å². The van der Waals surface area contributed by atoms with Crippen LogP contribution in [-0.4, -0.2) is 78.2 Å². The number of aliphatic imine (C=N–C) groups is 1. The maximum absolute atomic E-state index is 12.9. The summed E-state index contributed by atoms with van der Waals surface area (Å²) >= 11 is 0. The summed E-state index contributed by atoms with van der Waals surface area (Å²) in [5, 5.41) is 11.1. The predicted molar refractivity (Wildman–Crippen MR) is 117 cm³/mol. The van der Waals surface area contributed by atoms with Gasteiger partial charge in [-0.15, -0.1) is 0 Å². The van der Waals surface area contributed by atoms with Gasteiger partial charge in [0.05, 0.1) is 45.5 Å². The molecule has 0 unspecified atom stereocenters. The van der Waals surface area contributed by atoms with E-state index < -0.39 is 0 Å². The molecular weight excluding hydrogens is 380 g/mol. The third kappa shape index (κ3) is 3.48. The number of carbonyl (C=O) groups is 2. The summed E-state index contributed by atoms with van der Waals surface area (Å²) in [6, 6.07) is 12.3. The fourth-order valence-corrected chi connectivity index (χ4v) is 3.55. The van der Waals surface area contributed by atoms with Crippen molar-refractivity contribution >= 4 is 34.0 Å². The highest BCUT2D eigenvalue weighted by Crippen LogP contribution is 2.35. The number of aromatic amines is 1. The molecule has 3 aromatic rings. The lowest BCUT2D eigenvalue weighted by Gasteiger charge is -2.27. The van der Waals surface area contributed by atoms with Crippen LogP contribution in [0.3, 0.4) is 0 Å². The molecule has 2 N–H and O–H groups in total. The molecule has 0 fully saturated rings. The number of likely N-dealkylation sites (N-methyl/N-ethyl adjacent to an activating group) is 2. The van der Waals surface area contributed by atoms with Crippen LogP contribution in [0.5, 0.6) is 5.88 Å². The molecule has 1 aliphatic heterocycles. The van der Waals surface area contributed by atoms with Crippen LogP contribution < -0.4 is 0 Å². The minimum absolute atomic E-state index is 0.111. The summed E-state index contributed by atoms with van der Waals surface area (Å²) in [7, 11) is 8.02. The summed E-state index contributed by atoms with van der Waals surface area (Å²) in [5.74, 6) is -0.480. The van der Waals surface area contributed by atoms with Gasteiger partial charge >= 0.3 is 0 Å². The highest BCUT2D eigenvalue weighted by atomic mass is 16.3. The first kappa shape index (κ1) is 19.8. The Morgan fingerprint density at radius 3 is 2.60 bits per heavy atom. The third-order valence-corrected chi connectivity index (χ3v) is 5.31. The number of H-pyrrole nitrogens is 1. The lowest BCUT2D eigenvalue weighted by atomic mass is 10.0. The van der Waals surface area contributed by atoms with Crippen molar-refractivity contribution in [1.29, 1.82) is 0 Å². The number of aromatic nitrogens is 1. The van der Waals surface area contributed by atoms with Crippen molar-refractivity contribution in [2.24, 2.45) is 4.99 Å². The molecule has 1 aromatic heterocycles. The number of Topliss-reactive ketones (excluding diaryl/α,β-unsaturated/α-hetero) is 1. The first-order valence-electron chi connectivity index (χ1n) is 9.79. The smallest absolute Gasteiger partial charge is 0.253 e. The van der Waals surface area contributed by atoms with Gasteiger partial charge in [0, 0.05) is 29.1 Å². The van der Waals surface area contributed by atoms with Crippen molar-refractivity contribution in [3.8, 4) is 5.88 Å². The number of hydrogen-bond acceptors (Lipinski definition) is 4. The topological polar surface area (TPSA) is 85.8 Å². The normalized spacial score (nSPS) is 13.5. The Morgan fingerprint density at radius 2 is 1.90 bits per heavy atom. The van der Waals surface area contributed by atoms with Crippen LogP contribution in [0.15, 0.2) is 47.5 Å². The molecule has 0 saturated carbocycles. The number of quaternary nitrogens is 1. The molecule has 0 atom stereocenters. The Balaban J connectivity index is 1.71. The van der Waals surface area contributed by atoms with Crippen LogP contribution in [0.1, 0.15) is 26.3 Å².